The van der Waals surface area contributed by atoms with Crippen molar-refractivity contribution in [3.8, 4) is 5.75 Å². The third-order valence-electron chi connectivity index (χ3n) is 9.88. The van der Waals surface area contributed by atoms with Crippen LogP contribution >= 0.6 is 0 Å². The van der Waals surface area contributed by atoms with Crippen LogP contribution in [0.4, 0.5) is 0 Å². The van der Waals surface area contributed by atoms with E-state index in [1.54, 1.807) is 19.3 Å². The normalized spacial score (nSPS) is 22.8. The zero-order valence-electron chi connectivity index (χ0n) is 28.4. The Morgan fingerprint density at radius 1 is 1.02 bits per heavy atom. The van der Waals surface area contributed by atoms with E-state index in [0.717, 1.165) is 28.5 Å². The number of fused-ring (bicyclic) bond motifs is 8. The van der Waals surface area contributed by atoms with Crippen molar-refractivity contribution < 1.29 is 23.9 Å². The molecule has 2 bridgehead atoms. The van der Waals surface area contributed by atoms with Crippen molar-refractivity contribution in [3.63, 3.8) is 0 Å². The highest BCUT2D eigenvalue weighted by Crippen LogP contribution is 2.28. The number of aromatic amines is 1. The molecule has 5 N–H and O–H groups in total. The molecule has 11 heteroatoms. The minimum Gasteiger partial charge on any atom is -0.488 e. The number of para-hydroxylation sites is 1. The molecule has 0 unspecified atom stereocenters. The first kappa shape index (κ1) is 34.7. The van der Waals surface area contributed by atoms with Crippen molar-refractivity contribution in [2.45, 2.75) is 83.6 Å². The van der Waals surface area contributed by atoms with Crippen molar-refractivity contribution in [3.05, 3.63) is 72.1 Å². The van der Waals surface area contributed by atoms with Crippen LogP contribution in [0.3, 0.4) is 0 Å². The van der Waals surface area contributed by atoms with Gasteiger partial charge in [0.2, 0.25) is 23.6 Å². The summed E-state index contributed by atoms with van der Waals surface area (Å²) < 4.78 is 6.38. The van der Waals surface area contributed by atoms with Gasteiger partial charge in [-0.1, -0.05) is 70.9 Å². The van der Waals surface area contributed by atoms with Gasteiger partial charge in [0.05, 0.1) is 6.04 Å². The van der Waals surface area contributed by atoms with E-state index in [0.29, 0.717) is 18.6 Å². The highest BCUT2D eigenvalue weighted by molar-refractivity contribution is 5.96. The Hall–Kier alpha value is -4.64. The maximum atomic E-state index is 14.7. The molecule has 256 valence electrons. The van der Waals surface area contributed by atoms with Gasteiger partial charge >= 0.3 is 0 Å². The third-order valence-corrected chi connectivity index (χ3v) is 9.88. The molecule has 0 radical (unpaired) electrons. The number of rotatable bonds is 10. The Kier molecular flexibility index (Phi) is 11.2. The minimum absolute atomic E-state index is 0.0265. The van der Waals surface area contributed by atoms with E-state index in [1.807, 2.05) is 82.4 Å². The molecule has 4 heterocycles. The Labute approximate surface area is 282 Å². The molecule has 6 rings (SSSR count). The summed E-state index contributed by atoms with van der Waals surface area (Å²) in [6.07, 6.45) is 6.57. The summed E-state index contributed by atoms with van der Waals surface area (Å²) in [6.45, 7) is 8.11. The van der Waals surface area contributed by atoms with Crippen LogP contribution in [0.25, 0.3) is 17.0 Å². The molecular formula is C37H48N6O5. The zero-order chi connectivity index (χ0) is 34.4. The number of H-pyrrole nitrogens is 1. The summed E-state index contributed by atoms with van der Waals surface area (Å²) in [4.78, 5) is 60.7. The van der Waals surface area contributed by atoms with E-state index in [-0.39, 0.29) is 42.5 Å². The van der Waals surface area contributed by atoms with E-state index in [9.17, 15) is 19.2 Å². The molecule has 1 saturated heterocycles. The van der Waals surface area contributed by atoms with Gasteiger partial charge in [0.25, 0.3) is 0 Å². The van der Waals surface area contributed by atoms with Gasteiger partial charge in [0.1, 0.15) is 30.0 Å². The molecule has 2 aromatic carbocycles. The summed E-state index contributed by atoms with van der Waals surface area (Å²) in [5.41, 5.74) is 2.67. The van der Waals surface area contributed by atoms with Gasteiger partial charge in [-0.2, -0.15) is 0 Å². The van der Waals surface area contributed by atoms with Crippen molar-refractivity contribution >= 4 is 40.6 Å². The van der Waals surface area contributed by atoms with E-state index >= 15 is 0 Å². The Morgan fingerprint density at radius 2 is 1.77 bits per heavy atom. The largest absolute Gasteiger partial charge is 0.488 e. The lowest BCUT2D eigenvalue weighted by Gasteiger charge is -2.33. The number of likely N-dealkylation sites (tertiary alicyclic amines) is 1. The average Bonchev–Trinajstić information content (AvgIpc) is 3.71. The van der Waals surface area contributed by atoms with E-state index in [2.05, 4.69) is 26.3 Å². The van der Waals surface area contributed by atoms with Crippen LogP contribution in [0, 0.1) is 11.8 Å². The quantitative estimate of drug-likeness (QED) is 0.226. The number of hydrogen-bond donors (Lipinski definition) is 5. The summed E-state index contributed by atoms with van der Waals surface area (Å²) in [7, 11) is 1.74. The lowest BCUT2D eigenvalue weighted by atomic mass is 9.96. The number of carbonyl (C=O) groups is 4. The van der Waals surface area contributed by atoms with Gasteiger partial charge in [0.15, 0.2) is 0 Å². The summed E-state index contributed by atoms with van der Waals surface area (Å²) in [5, 5.41) is 12.9. The number of amides is 4. The van der Waals surface area contributed by atoms with Crippen LogP contribution in [0.5, 0.6) is 5.75 Å². The number of nitrogens with zero attached hydrogens (tertiary/aromatic N) is 1. The Balaban J connectivity index is 1.51. The Morgan fingerprint density at radius 3 is 2.48 bits per heavy atom. The van der Waals surface area contributed by atoms with Crippen LogP contribution in [0.1, 0.15) is 58.1 Å². The predicted octanol–water partition coefficient (Wildman–Crippen LogP) is 3.51. The molecule has 1 aromatic heterocycles. The Bertz CT molecular complexity index is 1630. The van der Waals surface area contributed by atoms with E-state index in [1.165, 1.54) is 4.90 Å². The fourth-order valence-corrected chi connectivity index (χ4v) is 6.62. The smallest absolute Gasteiger partial charge is 0.247 e. The second kappa shape index (κ2) is 15.5. The average molecular weight is 657 g/mol. The third kappa shape index (κ3) is 7.57. The van der Waals surface area contributed by atoms with E-state index in [4.69, 9.17) is 4.74 Å². The first-order valence-electron chi connectivity index (χ1n) is 17.0. The van der Waals surface area contributed by atoms with Crippen molar-refractivity contribution in [1.29, 1.82) is 0 Å². The van der Waals surface area contributed by atoms with Crippen molar-refractivity contribution in [2.24, 2.45) is 11.8 Å². The van der Waals surface area contributed by atoms with Crippen molar-refractivity contribution in [2.75, 3.05) is 13.6 Å². The topological polar surface area (TPSA) is 145 Å². The van der Waals surface area contributed by atoms with Crippen LogP contribution in [-0.4, -0.2) is 77.4 Å². The molecule has 48 heavy (non-hydrogen) atoms. The molecule has 3 aromatic rings. The van der Waals surface area contributed by atoms with Crippen LogP contribution in [-0.2, 0) is 25.6 Å². The van der Waals surface area contributed by atoms with Gasteiger partial charge in [-0.25, -0.2) is 0 Å². The molecule has 0 spiro atoms. The summed E-state index contributed by atoms with van der Waals surface area (Å²) in [5.74, 6) is -1.07. The molecule has 3 aliphatic heterocycles. The number of likely N-dealkylation sites (N-methyl/N-ethyl adjacent to an activating group) is 1. The lowest BCUT2D eigenvalue weighted by Crippen LogP contribution is -2.61. The molecule has 0 aliphatic carbocycles. The second-order valence-corrected chi connectivity index (χ2v) is 13.0. The van der Waals surface area contributed by atoms with Crippen LogP contribution in [0.15, 0.2) is 60.9 Å². The highest BCUT2D eigenvalue weighted by Gasteiger charge is 2.47. The molecule has 4 amide bonds. The first-order valence-corrected chi connectivity index (χ1v) is 17.0. The maximum absolute atomic E-state index is 14.7. The SMILES string of the molecule is CC[C@H](C)[C@H](NC)C(=O)N[C@@H](Cc1c[nH]c2ccccc12)C(=O)N1CC[C@@H]2Oc3ccc(cc3)/C=C\NC(=O)[C@H]([C@@H](C)CC)NC(=O)[C@H]21. The van der Waals surface area contributed by atoms with Gasteiger partial charge in [-0.15, -0.1) is 0 Å². The molecule has 1 fully saturated rings. The molecule has 11 nitrogen and oxygen atoms in total. The summed E-state index contributed by atoms with van der Waals surface area (Å²) in [6, 6.07) is 11.8. The molecule has 0 saturated carbocycles. The fourth-order valence-electron chi connectivity index (χ4n) is 6.62. The molecule has 3 aliphatic rings. The maximum Gasteiger partial charge on any atom is 0.247 e. The van der Waals surface area contributed by atoms with E-state index < -0.39 is 36.2 Å². The number of ether oxygens (including phenoxy) is 1. The molecular weight excluding hydrogens is 608 g/mol. The number of hydrogen-bond acceptors (Lipinski definition) is 6. The fraction of sp³-hybridized carbons (Fsp3) is 0.459. The number of nitrogens with one attached hydrogen (secondary N) is 5. The van der Waals surface area contributed by atoms with Crippen LogP contribution in [0.2, 0.25) is 0 Å². The number of benzene rings is 2. The van der Waals surface area contributed by atoms with Gasteiger partial charge in [-0.05, 0) is 54.3 Å². The summed E-state index contributed by atoms with van der Waals surface area (Å²) >= 11 is 0. The predicted molar refractivity (Wildman–Crippen MR) is 186 cm³/mol. The zero-order valence-corrected chi connectivity index (χ0v) is 28.4. The molecule has 7 atom stereocenters. The highest BCUT2D eigenvalue weighted by atomic mass is 16.5. The lowest BCUT2D eigenvalue weighted by molar-refractivity contribution is -0.144. The first-order chi connectivity index (χ1) is 23.1. The monoisotopic (exact) mass is 656 g/mol. The minimum atomic E-state index is -1.04. The number of carbonyl (C=O) groups excluding carboxylic acids is 4. The van der Waals surface area contributed by atoms with Crippen molar-refractivity contribution in [1.82, 2.24) is 31.2 Å². The van der Waals surface area contributed by atoms with Gasteiger partial charge in [0, 0.05) is 42.7 Å². The standard InChI is InChI=1S/C37H48N6O5/c1-6-22(3)31(38-5)35(45)41-29(20-25-21-40-28-11-9-8-10-27(25)28)37(47)43-19-17-30-33(43)36(46)42-32(23(4)7-2)34(44)39-18-16-24-12-14-26(48-30)15-13-24/h8-16,18,21-23,29-33,38,40H,6-7,17,19-20H2,1-5H3,(H,39,44)(H,41,45)(H,42,46)/b18-16-/t22-,23-,29-,30-,31-,32-,33-/m0/s1. The van der Waals surface area contributed by atoms with Gasteiger partial charge < -0.3 is 35.9 Å². The number of aromatic nitrogens is 1. The second-order valence-electron chi connectivity index (χ2n) is 13.0. The van der Waals surface area contributed by atoms with Gasteiger partial charge in [-0.3, -0.25) is 19.2 Å². The van der Waals surface area contributed by atoms with Crippen LogP contribution < -0.4 is 26.0 Å².